The lowest BCUT2D eigenvalue weighted by Crippen LogP contribution is -2.22. The van der Waals surface area contributed by atoms with Gasteiger partial charge in [-0.3, -0.25) is 15.3 Å². The number of hydrogen-bond acceptors (Lipinski definition) is 6. The van der Waals surface area contributed by atoms with Crippen LogP contribution >= 0.6 is 0 Å². The summed E-state index contributed by atoms with van der Waals surface area (Å²) in [6, 6.07) is 9.51. The number of rotatable bonds is 11. The number of ether oxygens (including phenoxy) is 2. The first kappa shape index (κ1) is 26.7. The number of benzene rings is 2. The summed E-state index contributed by atoms with van der Waals surface area (Å²) >= 11 is 0. The Morgan fingerprint density at radius 3 is 2.47 bits per heavy atom. The van der Waals surface area contributed by atoms with Crippen molar-refractivity contribution in [2.75, 3.05) is 18.5 Å². The molecule has 0 saturated heterocycles. The molecule has 2 rings (SSSR count). The van der Waals surface area contributed by atoms with Gasteiger partial charge in [-0.15, -0.1) is 0 Å². The molecular weight excluding hydrogens is 450 g/mol. The number of amides is 2. The molecule has 0 radical (unpaired) electrons. The molecule has 0 aromatic heterocycles. The normalized spacial score (nSPS) is 13.1. The standard InChI is InChI=1S/C24H28F2N2O6/c1-15(4-3-5-16(2)23(30)28-32)22(17-6-9-19(10-7-17)33-13-12-29)34-24(31)27-21-11-8-18(25)14-20(21)26/h5-11,14-15,22,29,32H,3-4,12-13H2,1-2H3,(H,27,31)(H,28,30)/b16-5+/t15-,22-/m0/s1. The molecule has 0 aliphatic rings. The van der Waals surface area contributed by atoms with E-state index in [1.54, 1.807) is 42.7 Å². The maximum absolute atomic E-state index is 13.9. The second-order valence-electron chi connectivity index (χ2n) is 7.60. The predicted molar refractivity (Wildman–Crippen MR) is 120 cm³/mol. The molecule has 0 saturated carbocycles. The van der Waals surface area contributed by atoms with Gasteiger partial charge < -0.3 is 14.6 Å². The lowest BCUT2D eigenvalue weighted by atomic mass is 9.92. The molecule has 0 bridgehead atoms. The van der Waals surface area contributed by atoms with E-state index in [1.165, 1.54) is 0 Å². The van der Waals surface area contributed by atoms with E-state index in [2.05, 4.69) is 5.32 Å². The SMILES string of the molecule is C/C(=C\CC[C@H](C)[C@H](OC(=O)Nc1ccc(F)cc1F)c1ccc(OCCO)cc1)C(=O)NO. The van der Waals surface area contributed by atoms with Crippen LogP contribution in [0.15, 0.2) is 54.1 Å². The highest BCUT2D eigenvalue weighted by Crippen LogP contribution is 2.31. The highest BCUT2D eigenvalue weighted by atomic mass is 19.1. The van der Waals surface area contributed by atoms with E-state index in [1.807, 2.05) is 6.92 Å². The van der Waals surface area contributed by atoms with Gasteiger partial charge in [0.2, 0.25) is 0 Å². The van der Waals surface area contributed by atoms with Crippen LogP contribution in [-0.2, 0) is 9.53 Å². The first-order valence-corrected chi connectivity index (χ1v) is 10.6. The fourth-order valence-electron chi connectivity index (χ4n) is 3.17. The van der Waals surface area contributed by atoms with Crippen LogP contribution in [0.5, 0.6) is 5.75 Å². The van der Waals surface area contributed by atoms with Crippen LogP contribution in [0.3, 0.4) is 0 Å². The topological polar surface area (TPSA) is 117 Å². The fourth-order valence-corrected chi connectivity index (χ4v) is 3.17. The van der Waals surface area contributed by atoms with Gasteiger partial charge in [0, 0.05) is 11.6 Å². The highest BCUT2D eigenvalue weighted by Gasteiger charge is 2.24. The van der Waals surface area contributed by atoms with Crippen LogP contribution in [0.2, 0.25) is 0 Å². The molecule has 2 amide bonds. The van der Waals surface area contributed by atoms with Crippen molar-refractivity contribution in [3.63, 3.8) is 0 Å². The Bertz CT molecular complexity index is 997. The number of carbonyl (C=O) groups excluding carboxylic acids is 2. The lowest BCUT2D eigenvalue weighted by Gasteiger charge is -2.25. The third kappa shape index (κ3) is 8.13. The van der Waals surface area contributed by atoms with Gasteiger partial charge in [-0.1, -0.05) is 25.1 Å². The number of aliphatic hydroxyl groups is 1. The smallest absolute Gasteiger partial charge is 0.412 e. The van der Waals surface area contributed by atoms with E-state index < -0.39 is 29.7 Å². The molecule has 2 aromatic rings. The molecule has 2 atom stereocenters. The number of anilines is 1. The highest BCUT2D eigenvalue weighted by molar-refractivity contribution is 5.91. The minimum absolute atomic E-state index is 0.133. The molecule has 0 fully saturated rings. The van der Waals surface area contributed by atoms with Gasteiger partial charge in [0.1, 0.15) is 30.1 Å². The van der Waals surface area contributed by atoms with Gasteiger partial charge in [0.05, 0.1) is 12.3 Å². The lowest BCUT2D eigenvalue weighted by molar-refractivity contribution is -0.125. The van der Waals surface area contributed by atoms with Crippen LogP contribution in [-0.4, -0.2) is 35.5 Å². The third-order valence-corrected chi connectivity index (χ3v) is 5.02. The average molecular weight is 478 g/mol. The molecule has 34 heavy (non-hydrogen) atoms. The molecule has 0 heterocycles. The average Bonchev–Trinajstić information content (AvgIpc) is 2.82. The molecule has 4 N–H and O–H groups in total. The van der Waals surface area contributed by atoms with E-state index in [0.29, 0.717) is 35.8 Å². The Hall–Kier alpha value is -3.50. The summed E-state index contributed by atoms with van der Waals surface area (Å²) in [5.41, 5.74) is 2.32. The molecule has 0 unspecified atom stereocenters. The van der Waals surface area contributed by atoms with E-state index in [4.69, 9.17) is 19.8 Å². The maximum Gasteiger partial charge on any atom is 0.412 e. The Balaban J connectivity index is 2.16. The van der Waals surface area contributed by atoms with Crippen molar-refractivity contribution < 1.29 is 38.2 Å². The summed E-state index contributed by atoms with van der Waals surface area (Å²) < 4.78 is 38.0. The second kappa shape index (κ2) is 13.3. The van der Waals surface area contributed by atoms with E-state index >= 15 is 0 Å². The molecular formula is C24H28F2N2O6. The number of nitrogens with one attached hydrogen (secondary N) is 2. The predicted octanol–water partition coefficient (Wildman–Crippen LogP) is 4.49. The van der Waals surface area contributed by atoms with E-state index in [0.717, 1.165) is 12.1 Å². The van der Waals surface area contributed by atoms with Crippen LogP contribution < -0.4 is 15.5 Å². The first-order valence-electron chi connectivity index (χ1n) is 10.6. The van der Waals surface area contributed by atoms with Gasteiger partial charge in [-0.05, 0) is 55.5 Å². The van der Waals surface area contributed by atoms with E-state index in [-0.39, 0.29) is 24.8 Å². The largest absolute Gasteiger partial charge is 0.491 e. The van der Waals surface area contributed by atoms with E-state index in [9.17, 15) is 18.4 Å². The second-order valence-corrected chi connectivity index (χ2v) is 7.60. The Labute approximate surface area is 196 Å². The molecule has 8 nitrogen and oxygen atoms in total. The molecule has 0 spiro atoms. The van der Waals surface area contributed by atoms with Crippen molar-refractivity contribution in [3.05, 3.63) is 71.3 Å². The zero-order chi connectivity index (χ0) is 25.1. The summed E-state index contributed by atoms with van der Waals surface area (Å²) in [5.74, 6) is -2.02. The van der Waals surface area contributed by atoms with Crippen molar-refractivity contribution in [1.29, 1.82) is 0 Å². The third-order valence-electron chi connectivity index (χ3n) is 5.02. The van der Waals surface area contributed by atoms with Gasteiger partial charge in [-0.2, -0.15) is 0 Å². The monoisotopic (exact) mass is 478 g/mol. The number of allylic oxidation sites excluding steroid dienone is 1. The fraction of sp³-hybridized carbons (Fsp3) is 0.333. The number of aliphatic hydroxyl groups excluding tert-OH is 1. The molecule has 0 aliphatic heterocycles. The van der Waals surface area contributed by atoms with Gasteiger partial charge in [0.25, 0.3) is 5.91 Å². The maximum atomic E-state index is 13.9. The van der Waals surface area contributed by atoms with Gasteiger partial charge in [-0.25, -0.2) is 19.1 Å². The zero-order valence-corrected chi connectivity index (χ0v) is 18.9. The minimum atomic E-state index is -0.935. The molecule has 0 aliphatic carbocycles. The number of halogens is 2. The Morgan fingerprint density at radius 2 is 1.85 bits per heavy atom. The summed E-state index contributed by atoms with van der Waals surface area (Å²) in [4.78, 5) is 23.9. The summed E-state index contributed by atoms with van der Waals surface area (Å²) in [6.45, 7) is 3.40. The van der Waals surface area contributed by atoms with Crippen LogP contribution in [0.4, 0.5) is 19.3 Å². The quantitative estimate of drug-likeness (QED) is 0.215. The van der Waals surface area contributed by atoms with Crippen LogP contribution in [0, 0.1) is 17.6 Å². The Morgan fingerprint density at radius 1 is 1.15 bits per heavy atom. The van der Waals surface area contributed by atoms with Crippen molar-refractivity contribution in [2.45, 2.75) is 32.8 Å². The summed E-state index contributed by atoms with van der Waals surface area (Å²) in [5, 5.41) is 19.9. The number of hydrogen-bond donors (Lipinski definition) is 4. The van der Waals surface area contributed by atoms with Crippen molar-refractivity contribution >= 4 is 17.7 Å². The molecule has 2 aromatic carbocycles. The zero-order valence-electron chi connectivity index (χ0n) is 18.9. The molecule has 184 valence electrons. The van der Waals surface area contributed by atoms with Crippen molar-refractivity contribution in [2.24, 2.45) is 5.92 Å². The minimum Gasteiger partial charge on any atom is -0.491 e. The summed E-state index contributed by atoms with van der Waals surface area (Å²) in [6.07, 6.45) is 0.970. The van der Waals surface area contributed by atoms with Crippen molar-refractivity contribution in [3.8, 4) is 5.75 Å². The molecule has 10 heteroatoms. The van der Waals surface area contributed by atoms with Crippen molar-refractivity contribution in [1.82, 2.24) is 5.48 Å². The van der Waals surface area contributed by atoms with Crippen LogP contribution in [0.1, 0.15) is 38.4 Å². The number of carbonyl (C=O) groups is 2. The van der Waals surface area contributed by atoms with Gasteiger partial charge in [0.15, 0.2) is 0 Å². The Kier molecular flexibility index (Phi) is 10.4. The first-order chi connectivity index (χ1) is 16.2. The van der Waals surface area contributed by atoms with Crippen LogP contribution in [0.25, 0.3) is 0 Å². The summed E-state index contributed by atoms with van der Waals surface area (Å²) in [7, 11) is 0. The number of hydroxylamine groups is 1. The van der Waals surface area contributed by atoms with Gasteiger partial charge >= 0.3 is 6.09 Å².